The van der Waals surface area contributed by atoms with E-state index in [1.165, 1.54) is 0 Å². The number of benzene rings is 3. The molecule has 0 saturated heterocycles. The predicted molar refractivity (Wildman–Crippen MR) is 113 cm³/mol. The van der Waals surface area contributed by atoms with Gasteiger partial charge in [0.05, 0.1) is 11.2 Å². The average molecular weight is 378 g/mol. The summed E-state index contributed by atoms with van der Waals surface area (Å²) in [6, 6.07) is 30.0. The van der Waals surface area contributed by atoms with Crippen LogP contribution in [0, 0.1) is 0 Å². The van der Waals surface area contributed by atoms with Gasteiger partial charge in [-0.1, -0.05) is 54.6 Å². The normalized spacial score (nSPS) is 10.9. The zero-order valence-corrected chi connectivity index (χ0v) is 15.6. The molecule has 5 heteroatoms. The smallest absolute Gasteiger partial charge is 0.130 e. The van der Waals surface area contributed by atoms with Gasteiger partial charge in [0.2, 0.25) is 0 Å². The molecule has 1 N–H and O–H groups in total. The summed E-state index contributed by atoms with van der Waals surface area (Å²) < 4.78 is 5.92. The van der Waals surface area contributed by atoms with Gasteiger partial charge in [0.1, 0.15) is 23.7 Å². The minimum atomic E-state index is 0.420. The Bertz CT molecular complexity index is 1250. The van der Waals surface area contributed by atoms with E-state index in [9.17, 15) is 0 Å². The summed E-state index contributed by atoms with van der Waals surface area (Å²) in [6.45, 7) is 0.420. The molecule has 0 amide bonds. The van der Waals surface area contributed by atoms with Crippen molar-refractivity contribution in [3.05, 3.63) is 96.7 Å². The fourth-order valence-electron chi connectivity index (χ4n) is 3.28. The summed E-state index contributed by atoms with van der Waals surface area (Å²) in [5.41, 5.74) is 5.53. The minimum Gasteiger partial charge on any atom is -0.487 e. The zero-order chi connectivity index (χ0) is 19.5. The van der Waals surface area contributed by atoms with E-state index in [2.05, 4.69) is 32.5 Å². The van der Waals surface area contributed by atoms with Crippen molar-refractivity contribution in [2.45, 2.75) is 6.61 Å². The Balaban J connectivity index is 1.32. The number of hydrogen-bond donors (Lipinski definition) is 1. The summed E-state index contributed by atoms with van der Waals surface area (Å²) >= 11 is 0. The van der Waals surface area contributed by atoms with Gasteiger partial charge in [-0.15, -0.1) is 0 Å². The van der Waals surface area contributed by atoms with Crippen molar-refractivity contribution in [2.75, 3.05) is 0 Å². The first-order valence-electron chi connectivity index (χ1n) is 9.41. The van der Waals surface area contributed by atoms with Crippen LogP contribution in [-0.2, 0) is 6.61 Å². The molecule has 0 aliphatic carbocycles. The number of nitrogens with zero attached hydrogens (tertiary/aromatic N) is 3. The van der Waals surface area contributed by atoms with Crippen LogP contribution in [0.5, 0.6) is 5.75 Å². The molecule has 0 aliphatic rings. The predicted octanol–water partition coefficient (Wildman–Crippen LogP) is 5.27. The summed E-state index contributed by atoms with van der Waals surface area (Å²) in [5, 5.41) is 12.5. The Morgan fingerprint density at radius 2 is 1.34 bits per heavy atom. The van der Waals surface area contributed by atoms with Crippen molar-refractivity contribution >= 4 is 10.9 Å². The molecular formula is C24H18N4O. The number of fused-ring (bicyclic) bond motifs is 1. The maximum absolute atomic E-state index is 5.92. The van der Waals surface area contributed by atoms with Crippen LogP contribution in [0.1, 0.15) is 5.69 Å². The lowest BCUT2D eigenvalue weighted by Crippen LogP contribution is -1.98. The van der Waals surface area contributed by atoms with Gasteiger partial charge >= 0.3 is 0 Å². The standard InChI is InChI=1S/C24H18N4O/c1-2-7-18(8-3-1)23-24(27-28-26-23)19-11-14-21(15-12-19)29-16-20-13-10-17-6-4-5-9-22(17)25-20/h1-15H,16H2,(H,26,27,28). The van der Waals surface area contributed by atoms with Gasteiger partial charge in [0.25, 0.3) is 0 Å². The molecule has 0 spiro atoms. The Morgan fingerprint density at radius 3 is 2.14 bits per heavy atom. The number of aromatic amines is 1. The maximum atomic E-state index is 5.92. The topological polar surface area (TPSA) is 63.7 Å². The highest BCUT2D eigenvalue weighted by molar-refractivity contribution is 5.78. The monoisotopic (exact) mass is 378 g/mol. The van der Waals surface area contributed by atoms with E-state index in [0.717, 1.165) is 44.9 Å². The van der Waals surface area contributed by atoms with Crippen LogP contribution in [0.2, 0.25) is 0 Å². The van der Waals surface area contributed by atoms with Crippen LogP contribution in [-0.4, -0.2) is 20.4 Å². The molecule has 2 heterocycles. The number of para-hydroxylation sites is 1. The fraction of sp³-hybridized carbons (Fsp3) is 0.0417. The summed E-state index contributed by atoms with van der Waals surface area (Å²) in [4.78, 5) is 4.65. The van der Waals surface area contributed by atoms with Gasteiger partial charge < -0.3 is 4.74 Å². The number of aromatic nitrogens is 4. The third kappa shape index (κ3) is 3.58. The van der Waals surface area contributed by atoms with E-state index in [1.54, 1.807) is 0 Å². The van der Waals surface area contributed by atoms with E-state index >= 15 is 0 Å². The largest absolute Gasteiger partial charge is 0.487 e. The molecule has 0 radical (unpaired) electrons. The summed E-state index contributed by atoms with van der Waals surface area (Å²) in [6.07, 6.45) is 0. The van der Waals surface area contributed by atoms with Crippen molar-refractivity contribution < 1.29 is 4.74 Å². The molecule has 0 saturated carbocycles. The van der Waals surface area contributed by atoms with Gasteiger partial charge in [-0.2, -0.15) is 15.4 Å². The molecule has 140 valence electrons. The summed E-state index contributed by atoms with van der Waals surface area (Å²) in [5.74, 6) is 0.786. The molecule has 5 rings (SSSR count). The highest BCUT2D eigenvalue weighted by atomic mass is 16.5. The lowest BCUT2D eigenvalue weighted by Gasteiger charge is -2.08. The number of ether oxygens (including phenoxy) is 1. The summed E-state index contributed by atoms with van der Waals surface area (Å²) in [7, 11) is 0. The molecule has 3 aromatic carbocycles. The van der Waals surface area contributed by atoms with Crippen LogP contribution in [0.3, 0.4) is 0 Å². The van der Waals surface area contributed by atoms with Crippen LogP contribution in [0.25, 0.3) is 33.4 Å². The van der Waals surface area contributed by atoms with Crippen LogP contribution in [0.4, 0.5) is 0 Å². The average Bonchev–Trinajstić information content (AvgIpc) is 3.28. The van der Waals surface area contributed by atoms with Crippen LogP contribution < -0.4 is 4.74 Å². The number of hydrogen-bond acceptors (Lipinski definition) is 4. The van der Waals surface area contributed by atoms with Crippen LogP contribution in [0.15, 0.2) is 91.0 Å². The van der Waals surface area contributed by atoms with Gasteiger partial charge in [-0.3, -0.25) is 0 Å². The highest BCUT2D eigenvalue weighted by Gasteiger charge is 2.12. The van der Waals surface area contributed by atoms with E-state index < -0.39 is 0 Å². The van der Waals surface area contributed by atoms with Gasteiger partial charge in [0.15, 0.2) is 0 Å². The van der Waals surface area contributed by atoms with Crippen LogP contribution >= 0.6 is 0 Å². The minimum absolute atomic E-state index is 0.420. The first-order chi connectivity index (χ1) is 14.4. The molecular weight excluding hydrogens is 360 g/mol. The van der Waals surface area contributed by atoms with Gasteiger partial charge in [-0.05, 0) is 36.4 Å². The molecule has 0 aliphatic heterocycles. The van der Waals surface area contributed by atoms with E-state index in [-0.39, 0.29) is 0 Å². The number of nitrogens with one attached hydrogen (secondary N) is 1. The lowest BCUT2D eigenvalue weighted by atomic mass is 10.1. The fourth-order valence-corrected chi connectivity index (χ4v) is 3.28. The van der Waals surface area contributed by atoms with Crippen molar-refractivity contribution in [1.82, 2.24) is 20.4 Å². The maximum Gasteiger partial charge on any atom is 0.130 e. The first kappa shape index (κ1) is 17.1. The third-order valence-electron chi connectivity index (χ3n) is 4.77. The molecule has 0 fully saturated rings. The number of H-pyrrole nitrogens is 1. The molecule has 0 bridgehead atoms. The first-order valence-corrected chi connectivity index (χ1v) is 9.41. The number of rotatable bonds is 5. The second-order valence-electron chi connectivity index (χ2n) is 6.70. The third-order valence-corrected chi connectivity index (χ3v) is 4.77. The van der Waals surface area contributed by atoms with E-state index in [1.807, 2.05) is 78.9 Å². The Labute approximate surface area is 168 Å². The van der Waals surface area contributed by atoms with E-state index in [0.29, 0.717) is 6.61 Å². The van der Waals surface area contributed by atoms with Crippen molar-refractivity contribution in [3.8, 4) is 28.3 Å². The van der Waals surface area contributed by atoms with Gasteiger partial charge in [-0.25, -0.2) is 4.98 Å². The molecule has 0 unspecified atom stereocenters. The van der Waals surface area contributed by atoms with Crippen molar-refractivity contribution in [1.29, 1.82) is 0 Å². The highest BCUT2D eigenvalue weighted by Crippen LogP contribution is 2.29. The van der Waals surface area contributed by atoms with E-state index in [4.69, 9.17) is 4.74 Å². The number of pyridine rings is 1. The quantitative estimate of drug-likeness (QED) is 0.453. The molecule has 2 aromatic heterocycles. The Hall–Kier alpha value is -3.99. The lowest BCUT2D eigenvalue weighted by molar-refractivity contribution is 0.302. The van der Waals surface area contributed by atoms with Gasteiger partial charge in [0, 0.05) is 16.5 Å². The SMILES string of the molecule is c1ccc(-c2n[nH]nc2-c2ccc(OCc3ccc4ccccc4n3)cc2)cc1. The second kappa shape index (κ2) is 7.56. The Morgan fingerprint density at radius 1 is 0.655 bits per heavy atom. The molecule has 5 aromatic rings. The Kier molecular flexibility index (Phi) is 4.47. The second-order valence-corrected chi connectivity index (χ2v) is 6.70. The molecule has 29 heavy (non-hydrogen) atoms. The van der Waals surface area contributed by atoms with Crippen molar-refractivity contribution in [2.24, 2.45) is 0 Å². The molecule has 5 nitrogen and oxygen atoms in total. The zero-order valence-electron chi connectivity index (χ0n) is 15.6. The molecule has 0 atom stereocenters. The van der Waals surface area contributed by atoms with Crippen molar-refractivity contribution in [3.63, 3.8) is 0 Å².